The van der Waals surface area contributed by atoms with Crippen LogP contribution in [0.25, 0.3) is 0 Å². The molecule has 2 aromatic rings. The first-order valence-electron chi connectivity index (χ1n) is 13.6. The maximum Gasteiger partial charge on any atom is 0.246 e. The second kappa shape index (κ2) is 10.5. The molecule has 3 heterocycles. The van der Waals surface area contributed by atoms with Crippen molar-refractivity contribution in [1.29, 1.82) is 0 Å². The Balaban J connectivity index is 1.46. The van der Waals surface area contributed by atoms with Gasteiger partial charge >= 0.3 is 0 Å². The summed E-state index contributed by atoms with van der Waals surface area (Å²) < 4.78 is 6.74. The highest BCUT2D eigenvalue weighted by molar-refractivity contribution is 6.02. The molecule has 38 heavy (non-hydrogen) atoms. The van der Waals surface area contributed by atoms with Gasteiger partial charge in [0.15, 0.2) is 0 Å². The first-order chi connectivity index (χ1) is 18.3. The molecule has 3 unspecified atom stereocenters. The maximum absolute atomic E-state index is 14.1. The Kier molecular flexibility index (Phi) is 7.29. The number of carbonyl (C=O) groups excluding carboxylic acids is 3. The molecule has 0 radical (unpaired) electrons. The molecule has 1 spiro atoms. The third-order valence-electron chi connectivity index (χ3n) is 8.75. The Hall–Kier alpha value is -3.23. The molecule has 2 aromatic carbocycles. The van der Waals surface area contributed by atoms with Crippen LogP contribution < -0.4 is 10.6 Å². The summed E-state index contributed by atoms with van der Waals surface area (Å²) in [6.07, 6.45) is 2.56. The van der Waals surface area contributed by atoms with Crippen LogP contribution in [0.5, 0.6) is 0 Å². The van der Waals surface area contributed by atoms with Crippen LogP contribution >= 0.6 is 0 Å². The van der Waals surface area contributed by atoms with Crippen molar-refractivity contribution in [1.82, 2.24) is 10.2 Å². The van der Waals surface area contributed by atoms with Crippen molar-refractivity contribution in [2.75, 3.05) is 18.5 Å². The predicted molar refractivity (Wildman–Crippen MR) is 143 cm³/mol. The zero-order valence-corrected chi connectivity index (χ0v) is 22.1. The molecule has 3 amide bonds. The third-order valence-corrected chi connectivity index (χ3v) is 8.75. The molecule has 3 aliphatic rings. The van der Waals surface area contributed by atoms with Crippen molar-refractivity contribution in [2.24, 2.45) is 17.8 Å². The average Bonchev–Trinajstić information content (AvgIpc) is 3.43. The number of ether oxygens (including phenoxy) is 1. The van der Waals surface area contributed by atoms with Crippen LogP contribution in [-0.2, 0) is 25.7 Å². The van der Waals surface area contributed by atoms with Crippen LogP contribution in [0.1, 0.15) is 45.1 Å². The zero-order chi connectivity index (χ0) is 26.9. The highest BCUT2D eigenvalue weighted by Crippen LogP contribution is 2.65. The molecule has 0 saturated carbocycles. The van der Waals surface area contributed by atoms with Crippen molar-refractivity contribution >= 4 is 23.4 Å². The number of rotatable bonds is 10. The van der Waals surface area contributed by atoms with Gasteiger partial charge in [-0.25, -0.2) is 0 Å². The van der Waals surface area contributed by atoms with Crippen molar-refractivity contribution in [2.45, 2.75) is 63.3 Å². The molecule has 5 rings (SSSR count). The molecule has 8 nitrogen and oxygen atoms in total. The summed E-state index contributed by atoms with van der Waals surface area (Å²) in [6, 6.07) is 18.0. The number of hydrogen-bond acceptors (Lipinski definition) is 5. The van der Waals surface area contributed by atoms with Gasteiger partial charge in [0.2, 0.25) is 17.7 Å². The Bertz CT molecular complexity index is 1170. The van der Waals surface area contributed by atoms with Gasteiger partial charge in [0.1, 0.15) is 11.6 Å². The lowest BCUT2D eigenvalue weighted by Crippen LogP contribution is -2.55. The van der Waals surface area contributed by atoms with Gasteiger partial charge in [-0.2, -0.15) is 0 Å². The van der Waals surface area contributed by atoms with Crippen LogP contribution in [-0.4, -0.2) is 58.1 Å². The van der Waals surface area contributed by atoms with Gasteiger partial charge in [-0.05, 0) is 56.2 Å². The maximum atomic E-state index is 14.1. The Morgan fingerprint density at radius 3 is 2.39 bits per heavy atom. The number of nitrogens with one attached hydrogen (secondary N) is 2. The molecule has 3 aliphatic heterocycles. The monoisotopic (exact) mass is 519 g/mol. The van der Waals surface area contributed by atoms with E-state index in [0.717, 1.165) is 12.0 Å². The highest BCUT2D eigenvalue weighted by Gasteiger charge is 2.79. The van der Waals surface area contributed by atoms with E-state index in [2.05, 4.69) is 10.6 Å². The van der Waals surface area contributed by atoms with Crippen LogP contribution in [0.2, 0.25) is 0 Å². The van der Waals surface area contributed by atoms with E-state index in [0.29, 0.717) is 38.0 Å². The molecule has 8 heteroatoms. The summed E-state index contributed by atoms with van der Waals surface area (Å²) in [4.78, 5) is 43.3. The minimum Gasteiger partial charge on any atom is -0.396 e. The summed E-state index contributed by atoms with van der Waals surface area (Å²) in [7, 11) is 0. The average molecular weight is 520 g/mol. The molecular formula is C30H37N3O5. The number of para-hydroxylation sites is 1. The fourth-order valence-corrected chi connectivity index (χ4v) is 6.87. The fourth-order valence-electron chi connectivity index (χ4n) is 6.87. The molecule has 2 bridgehead atoms. The Morgan fingerprint density at radius 2 is 1.71 bits per heavy atom. The first kappa shape index (κ1) is 26.4. The van der Waals surface area contributed by atoms with Crippen molar-refractivity contribution in [3.8, 4) is 0 Å². The molecule has 3 saturated heterocycles. The van der Waals surface area contributed by atoms with E-state index in [9.17, 15) is 19.5 Å². The fraction of sp³-hybridized carbons (Fsp3) is 0.500. The third kappa shape index (κ3) is 4.39. The number of nitrogens with zero attached hydrogens (tertiary/aromatic N) is 1. The van der Waals surface area contributed by atoms with E-state index < -0.39 is 29.1 Å². The standard InChI is InChI=1S/C30H37N3O5/c1-20-18-30-24(23(29(20,2)38-30)26(35)32-22-14-8-4-9-15-22)28(37)33(16-10-5-11-17-34)25(30)27(36)31-19-21-12-6-3-7-13-21/h3-4,6-9,12-15,20,23-25,34H,5,10-11,16-19H2,1-2H3,(H,31,36)(H,32,35)/t20?,23-,24-,25?,29+,30?/m0/s1. The summed E-state index contributed by atoms with van der Waals surface area (Å²) in [5.41, 5.74) is -0.304. The minimum absolute atomic E-state index is 0.0168. The molecule has 3 fully saturated rings. The van der Waals surface area contributed by atoms with Crippen molar-refractivity contribution in [3.05, 3.63) is 66.2 Å². The largest absolute Gasteiger partial charge is 0.396 e. The Labute approximate surface area is 223 Å². The lowest BCUT2D eigenvalue weighted by atomic mass is 9.62. The normalized spacial score (nSPS) is 31.3. The van der Waals surface area contributed by atoms with Gasteiger partial charge in [-0.3, -0.25) is 14.4 Å². The molecule has 0 aromatic heterocycles. The Morgan fingerprint density at radius 1 is 1.03 bits per heavy atom. The molecule has 6 atom stereocenters. The number of carbonyl (C=O) groups is 3. The van der Waals surface area contributed by atoms with Gasteiger partial charge in [0, 0.05) is 25.4 Å². The number of fused-ring (bicyclic) bond motifs is 1. The predicted octanol–water partition coefficient (Wildman–Crippen LogP) is 3.11. The number of aliphatic hydroxyl groups excluding tert-OH is 1. The van der Waals surface area contributed by atoms with E-state index in [1.54, 1.807) is 4.90 Å². The molecule has 3 N–H and O–H groups in total. The topological polar surface area (TPSA) is 108 Å². The molecule has 202 valence electrons. The minimum atomic E-state index is -1.07. The number of benzene rings is 2. The number of hydrogen-bond donors (Lipinski definition) is 3. The van der Waals surface area contributed by atoms with Crippen LogP contribution in [0.4, 0.5) is 5.69 Å². The van der Waals surface area contributed by atoms with E-state index in [-0.39, 0.29) is 30.2 Å². The van der Waals surface area contributed by atoms with E-state index in [4.69, 9.17) is 4.74 Å². The quantitative estimate of drug-likeness (QED) is 0.418. The van der Waals surface area contributed by atoms with Crippen LogP contribution in [0, 0.1) is 17.8 Å². The molecule has 0 aliphatic carbocycles. The van der Waals surface area contributed by atoms with E-state index in [1.807, 2.05) is 74.5 Å². The van der Waals surface area contributed by atoms with Crippen LogP contribution in [0.15, 0.2) is 60.7 Å². The van der Waals surface area contributed by atoms with Crippen molar-refractivity contribution in [3.63, 3.8) is 0 Å². The van der Waals surface area contributed by atoms with E-state index >= 15 is 0 Å². The first-order valence-corrected chi connectivity index (χ1v) is 13.6. The molecular weight excluding hydrogens is 482 g/mol. The van der Waals surface area contributed by atoms with E-state index in [1.165, 1.54) is 0 Å². The lowest BCUT2D eigenvalue weighted by Gasteiger charge is -2.36. The number of amides is 3. The van der Waals surface area contributed by atoms with Gasteiger partial charge in [-0.15, -0.1) is 0 Å². The second-order valence-electron chi connectivity index (χ2n) is 11.1. The summed E-state index contributed by atoms with van der Waals surface area (Å²) in [6.45, 7) is 4.76. The van der Waals surface area contributed by atoms with Crippen LogP contribution in [0.3, 0.4) is 0 Å². The number of aliphatic hydroxyl groups is 1. The zero-order valence-electron chi connectivity index (χ0n) is 22.1. The van der Waals surface area contributed by atoms with Gasteiger partial charge in [0.05, 0.1) is 17.4 Å². The smallest absolute Gasteiger partial charge is 0.246 e. The van der Waals surface area contributed by atoms with Gasteiger partial charge < -0.3 is 25.4 Å². The highest BCUT2D eigenvalue weighted by atomic mass is 16.5. The second-order valence-corrected chi connectivity index (χ2v) is 11.1. The summed E-state index contributed by atoms with van der Waals surface area (Å²) >= 11 is 0. The SMILES string of the molecule is CC1CC23O[C@@]1(C)[C@H](C(=O)Nc1ccccc1)[C@H]2C(=O)N(CCCCCO)C3C(=O)NCc1ccccc1. The summed E-state index contributed by atoms with van der Waals surface area (Å²) in [5.74, 6) is -2.18. The lowest BCUT2D eigenvalue weighted by molar-refractivity contribution is -0.146. The number of anilines is 1. The number of likely N-dealkylation sites (tertiary alicyclic amines) is 1. The summed E-state index contributed by atoms with van der Waals surface area (Å²) in [5, 5.41) is 15.2. The van der Waals surface area contributed by atoms with Crippen molar-refractivity contribution < 1.29 is 24.2 Å². The number of unbranched alkanes of at least 4 members (excludes halogenated alkanes) is 2. The van der Waals surface area contributed by atoms with Gasteiger partial charge in [0.25, 0.3) is 0 Å². The van der Waals surface area contributed by atoms with Gasteiger partial charge in [-0.1, -0.05) is 55.5 Å².